The number of rotatable bonds is 12. The number of carbonyl (C=O) groups is 5. The second kappa shape index (κ2) is 18.4. The Hall–Kier alpha value is -7.15. The Balaban J connectivity index is 0.627. The fourth-order valence-corrected chi connectivity index (χ4v) is 10.8. The number of nitrogens with one attached hydrogen (secondary N) is 3. The molecule has 2 bridgehead atoms. The van der Waals surface area contributed by atoms with Crippen LogP contribution in [0.1, 0.15) is 72.9 Å². The standard InChI is InChI=1S/C54H53FN8O6/c55-36-7-9-37(10-8-36)57-52(67)54(22-23-54)53(68)58-38-11-14-42(15-12-38)69-48-19-24-56-46-29-39(13-16-44(46)48)61-26-20-34(21-27-61)30-62-40-28-41(62)32-60(31-40)25-2-1-4-35-5-3-6-43-45(35)33-63(51(43)66)47-17-18-49(64)59-50(47)65/h3,5-16,19,24,29,34,40-41,47H,2,17-18,20-23,25-28,30-33H2,(H,57,67)(H,58,68)(H,59,64,65). The van der Waals surface area contributed by atoms with E-state index in [0.29, 0.717) is 72.2 Å². The number of piperidine rings is 3. The van der Waals surface area contributed by atoms with Crippen LogP contribution in [-0.4, -0.2) is 107 Å². The van der Waals surface area contributed by atoms with E-state index in [4.69, 9.17) is 9.72 Å². The minimum Gasteiger partial charge on any atom is -0.457 e. The summed E-state index contributed by atoms with van der Waals surface area (Å²) < 4.78 is 19.6. The first-order valence-corrected chi connectivity index (χ1v) is 24.1. The topological polar surface area (TPSA) is 157 Å². The molecule has 7 heterocycles. The number of nitrogens with zero attached hydrogens (tertiary/aromatic N) is 5. The summed E-state index contributed by atoms with van der Waals surface area (Å²) in [5.41, 5.74) is 4.13. The van der Waals surface area contributed by atoms with Gasteiger partial charge < -0.3 is 25.2 Å². The SMILES string of the molecule is O=C1CCC(N2Cc3c(C#CCCN4CC5CC(C4)N5CC4CCN(c5ccc6c(Oc7ccc(NC(=O)C8(C(=O)Nc9ccc(F)cc9)CC8)cc7)ccnc6c5)CC4)cccc3C2=O)C(=O)N1. The van der Waals surface area contributed by atoms with Gasteiger partial charge in [-0.25, -0.2) is 4.39 Å². The molecule has 4 aromatic carbocycles. The highest BCUT2D eigenvalue weighted by molar-refractivity contribution is 6.17. The highest BCUT2D eigenvalue weighted by Crippen LogP contribution is 2.48. The number of pyridine rings is 1. The molecular weight excluding hydrogens is 876 g/mol. The van der Waals surface area contributed by atoms with Crippen LogP contribution in [0.25, 0.3) is 10.9 Å². The highest BCUT2D eigenvalue weighted by Gasteiger charge is 2.56. The van der Waals surface area contributed by atoms with Gasteiger partial charge in [0.15, 0.2) is 0 Å². The lowest BCUT2D eigenvalue weighted by Gasteiger charge is -2.57. The third kappa shape index (κ3) is 9.02. The number of imide groups is 1. The van der Waals surface area contributed by atoms with E-state index in [0.717, 1.165) is 86.2 Å². The maximum absolute atomic E-state index is 13.3. The molecule has 12 rings (SSSR count). The summed E-state index contributed by atoms with van der Waals surface area (Å²) in [4.78, 5) is 77.6. The molecule has 1 saturated carbocycles. The number of piperazine rings is 1. The van der Waals surface area contributed by atoms with Gasteiger partial charge in [-0.15, -0.1) is 0 Å². The smallest absolute Gasteiger partial charge is 0.255 e. The Kier molecular flexibility index (Phi) is 11.8. The van der Waals surface area contributed by atoms with Crippen LogP contribution in [-0.2, 0) is 25.7 Å². The van der Waals surface area contributed by atoms with Gasteiger partial charge in [0.25, 0.3) is 5.91 Å². The average molecular weight is 929 g/mol. The number of fused-ring (bicyclic) bond motifs is 4. The van der Waals surface area contributed by atoms with Gasteiger partial charge >= 0.3 is 0 Å². The minimum atomic E-state index is -1.15. The Morgan fingerprint density at radius 2 is 1.59 bits per heavy atom. The van der Waals surface area contributed by atoms with Crippen molar-refractivity contribution in [1.82, 2.24) is 25.0 Å². The van der Waals surface area contributed by atoms with E-state index >= 15 is 0 Å². The largest absolute Gasteiger partial charge is 0.457 e. The second-order valence-corrected chi connectivity index (χ2v) is 19.3. The van der Waals surface area contributed by atoms with E-state index < -0.39 is 29.1 Å². The van der Waals surface area contributed by atoms with Crippen molar-refractivity contribution in [2.24, 2.45) is 11.3 Å². The molecule has 0 spiro atoms. The Morgan fingerprint density at radius 1 is 0.870 bits per heavy atom. The van der Waals surface area contributed by atoms with Crippen molar-refractivity contribution in [3.63, 3.8) is 0 Å². The van der Waals surface area contributed by atoms with Crippen LogP contribution in [0, 0.1) is 29.0 Å². The number of benzene rings is 4. The van der Waals surface area contributed by atoms with Crippen molar-refractivity contribution in [3.8, 4) is 23.3 Å². The molecule has 5 saturated heterocycles. The van der Waals surface area contributed by atoms with Crippen LogP contribution in [0.3, 0.4) is 0 Å². The van der Waals surface area contributed by atoms with E-state index in [2.05, 4.69) is 60.7 Å². The third-order valence-electron chi connectivity index (χ3n) is 15.0. The van der Waals surface area contributed by atoms with Crippen LogP contribution in [0.2, 0.25) is 0 Å². The maximum atomic E-state index is 13.3. The fourth-order valence-electron chi connectivity index (χ4n) is 10.8. The Bertz CT molecular complexity index is 2910. The first-order valence-electron chi connectivity index (χ1n) is 24.1. The highest BCUT2D eigenvalue weighted by atomic mass is 19.1. The molecular formula is C54H53FN8O6. The van der Waals surface area contributed by atoms with Crippen LogP contribution in [0.4, 0.5) is 21.5 Å². The van der Waals surface area contributed by atoms with Crippen LogP contribution in [0.15, 0.2) is 97.2 Å². The normalized spacial score (nSPS) is 22.0. The van der Waals surface area contributed by atoms with E-state index in [-0.39, 0.29) is 24.1 Å². The molecule has 6 aliphatic heterocycles. The lowest BCUT2D eigenvalue weighted by Crippen LogP contribution is -2.69. The average Bonchev–Trinajstić information content (AvgIpc) is 4.12. The number of halogens is 1. The van der Waals surface area contributed by atoms with Gasteiger partial charge in [0.05, 0.1) is 5.52 Å². The van der Waals surface area contributed by atoms with Crippen molar-refractivity contribution in [3.05, 3.63) is 120 Å². The number of ether oxygens (including phenoxy) is 1. The summed E-state index contributed by atoms with van der Waals surface area (Å²) in [6.07, 6.45) is 7.50. The van der Waals surface area contributed by atoms with Crippen molar-refractivity contribution < 1.29 is 33.1 Å². The van der Waals surface area contributed by atoms with Crippen molar-refractivity contribution >= 4 is 57.5 Å². The summed E-state index contributed by atoms with van der Waals surface area (Å²) in [5.74, 6) is 6.58. The molecule has 5 amide bonds. The molecule has 7 aliphatic rings. The third-order valence-corrected chi connectivity index (χ3v) is 15.0. The molecule has 1 aromatic heterocycles. The number of aromatic nitrogens is 1. The predicted molar refractivity (Wildman–Crippen MR) is 258 cm³/mol. The molecule has 5 aromatic rings. The number of anilines is 3. The first-order chi connectivity index (χ1) is 33.6. The molecule has 352 valence electrons. The molecule has 3 N–H and O–H groups in total. The molecule has 15 heteroatoms. The summed E-state index contributed by atoms with van der Waals surface area (Å²) in [7, 11) is 0. The van der Waals surface area contributed by atoms with E-state index in [1.165, 1.54) is 30.7 Å². The predicted octanol–water partition coefficient (Wildman–Crippen LogP) is 6.70. The van der Waals surface area contributed by atoms with E-state index in [1.54, 1.807) is 41.4 Å². The zero-order chi connectivity index (χ0) is 47.2. The molecule has 0 radical (unpaired) electrons. The Morgan fingerprint density at radius 3 is 2.30 bits per heavy atom. The quantitative estimate of drug-likeness (QED) is 0.0700. The second-order valence-electron chi connectivity index (χ2n) is 19.3. The summed E-state index contributed by atoms with van der Waals surface area (Å²) >= 11 is 0. The van der Waals surface area contributed by atoms with E-state index in [1.807, 2.05) is 18.2 Å². The maximum Gasteiger partial charge on any atom is 0.255 e. The molecule has 14 nitrogen and oxygen atoms in total. The lowest BCUT2D eigenvalue weighted by atomic mass is 9.84. The van der Waals surface area contributed by atoms with Gasteiger partial charge in [-0.2, -0.15) is 0 Å². The number of hydrogen-bond acceptors (Lipinski definition) is 10. The summed E-state index contributed by atoms with van der Waals surface area (Å²) in [6, 6.07) is 26.9. The van der Waals surface area contributed by atoms with Crippen LogP contribution in [0.5, 0.6) is 11.5 Å². The first kappa shape index (κ1) is 44.4. The minimum absolute atomic E-state index is 0.177. The van der Waals surface area contributed by atoms with Gasteiger partial charge in [-0.05, 0) is 135 Å². The molecule has 3 unspecified atom stereocenters. The van der Waals surface area contributed by atoms with Gasteiger partial charge in [-0.1, -0.05) is 17.9 Å². The van der Waals surface area contributed by atoms with Gasteiger partial charge in [-0.3, -0.25) is 44.1 Å². The number of amides is 5. The molecule has 6 fully saturated rings. The zero-order valence-electron chi connectivity index (χ0n) is 38.2. The fraction of sp³-hybridized carbons (Fsp3) is 0.370. The lowest BCUT2D eigenvalue weighted by molar-refractivity contribution is -0.137. The van der Waals surface area contributed by atoms with Gasteiger partial charge in [0.2, 0.25) is 23.6 Å². The van der Waals surface area contributed by atoms with Gasteiger partial charge in [0, 0.05) is 111 Å². The van der Waals surface area contributed by atoms with Crippen molar-refractivity contribution in [1.29, 1.82) is 0 Å². The summed E-state index contributed by atoms with van der Waals surface area (Å²) in [5, 5.41) is 8.88. The number of hydrogen-bond donors (Lipinski definition) is 3. The zero-order valence-corrected chi connectivity index (χ0v) is 38.2. The molecule has 3 atom stereocenters. The van der Waals surface area contributed by atoms with Crippen molar-refractivity contribution in [2.45, 2.75) is 76.0 Å². The van der Waals surface area contributed by atoms with Crippen LogP contribution >= 0.6 is 0 Å². The monoisotopic (exact) mass is 928 g/mol. The summed E-state index contributed by atoms with van der Waals surface area (Å²) in [6.45, 7) is 6.52. The Labute approximate surface area is 399 Å². The molecule has 69 heavy (non-hydrogen) atoms. The number of carbonyl (C=O) groups excluding carboxylic acids is 5. The van der Waals surface area contributed by atoms with Crippen LogP contribution < -0.4 is 25.6 Å². The van der Waals surface area contributed by atoms with E-state index in [9.17, 15) is 28.4 Å². The van der Waals surface area contributed by atoms with Gasteiger partial charge in [0.1, 0.15) is 28.8 Å². The molecule has 1 aliphatic carbocycles. The van der Waals surface area contributed by atoms with Crippen molar-refractivity contribution in [2.75, 3.05) is 54.8 Å².